The molecule has 1 aliphatic rings. The Hall–Kier alpha value is -2.00. The van der Waals surface area contributed by atoms with Crippen molar-refractivity contribution in [3.8, 4) is 5.88 Å². The predicted octanol–water partition coefficient (Wildman–Crippen LogP) is -0.0323. The van der Waals surface area contributed by atoms with Crippen molar-refractivity contribution >= 4 is 11.5 Å². The van der Waals surface area contributed by atoms with Gasteiger partial charge in [-0.25, -0.2) is 9.99 Å². The van der Waals surface area contributed by atoms with Gasteiger partial charge < -0.3 is 9.64 Å². The zero-order valence-electron chi connectivity index (χ0n) is 10.9. The number of nitrogens with one attached hydrogen (secondary N) is 1. The number of piperazine rings is 1. The Bertz CT molecular complexity index is 461. The van der Waals surface area contributed by atoms with Crippen LogP contribution < -0.4 is 10.2 Å². The molecule has 0 unspecified atom stereocenters. The second-order valence-electron chi connectivity index (χ2n) is 4.24. The maximum Gasteiger partial charge on any atom is 0.374 e. The van der Waals surface area contributed by atoms with Crippen LogP contribution in [0, 0.1) is 10.1 Å². The van der Waals surface area contributed by atoms with Crippen molar-refractivity contribution in [3.63, 3.8) is 0 Å². The topological polar surface area (TPSA) is 96.7 Å². The summed E-state index contributed by atoms with van der Waals surface area (Å²) >= 11 is 0. The molecule has 0 amide bonds. The first-order valence-electron chi connectivity index (χ1n) is 5.85. The highest BCUT2D eigenvalue weighted by Crippen LogP contribution is 2.30. The number of anilines is 1. The summed E-state index contributed by atoms with van der Waals surface area (Å²) in [6, 6.07) is 0. The molecule has 1 aliphatic heterocycles. The molecule has 0 atom stereocenters. The van der Waals surface area contributed by atoms with Gasteiger partial charge in [0.15, 0.2) is 0 Å². The van der Waals surface area contributed by atoms with Gasteiger partial charge in [0.1, 0.15) is 6.33 Å². The fraction of sp³-hybridized carbons (Fsp3) is 0.600. The van der Waals surface area contributed by atoms with Crippen LogP contribution in [0.4, 0.5) is 11.5 Å². The minimum atomic E-state index is -0.544. The summed E-state index contributed by atoms with van der Waals surface area (Å²) < 4.78 is 4.89. The highest BCUT2D eigenvalue weighted by Gasteiger charge is 2.26. The molecule has 9 nitrogen and oxygen atoms in total. The number of likely N-dealkylation sites (N-methyl/N-ethyl adjacent to an activating group) is 1. The number of hydrogen-bond acceptors (Lipinski definition) is 8. The van der Waals surface area contributed by atoms with Crippen LogP contribution in [0.25, 0.3) is 0 Å². The number of hydrogen-bond donors (Lipinski definition) is 1. The molecular formula is C10H16N6O3. The largest absolute Gasteiger partial charge is 0.476 e. The smallest absolute Gasteiger partial charge is 0.374 e. The quantitative estimate of drug-likeness (QED) is 0.600. The second kappa shape index (κ2) is 5.76. The third-order valence-corrected chi connectivity index (χ3v) is 2.93. The molecule has 0 saturated carbocycles. The summed E-state index contributed by atoms with van der Waals surface area (Å²) in [5.41, 5.74) is 2.71. The first kappa shape index (κ1) is 13.4. The summed E-state index contributed by atoms with van der Waals surface area (Å²) in [5.74, 6) is 0.109. The molecule has 2 heterocycles. The molecular weight excluding hydrogens is 252 g/mol. The van der Waals surface area contributed by atoms with Gasteiger partial charge in [0, 0.05) is 26.2 Å². The molecule has 19 heavy (non-hydrogen) atoms. The highest BCUT2D eigenvalue weighted by molar-refractivity contribution is 5.60. The number of aromatic nitrogens is 2. The third-order valence-electron chi connectivity index (χ3n) is 2.93. The lowest BCUT2D eigenvalue weighted by Crippen LogP contribution is -2.47. The van der Waals surface area contributed by atoms with Crippen LogP contribution in [0.2, 0.25) is 0 Å². The van der Waals surface area contributed by atoms with Crippen LogP contribution in [0.1, 0.15) is 0 Å². The molecule has 0 aliphatic carbocycles. The van der Waals surface area contributed by atoms with E-state index in [0.29, 0.717) is 0 Å². The van der Waals surface area contributed by atoms with Crippen LogP contribution in [0.5, 0.6) is 5.88 Å². The Morgan fingerprint density at radius 3 is 2.63 bits per heavy atom. The van der Waals surface area contributed by atoms with Crippen LogP contribution in [-0.4, -0.2) is 65.1 Å². The molecule has 0 spiro atoms. The van der Waals surface area contributed by atoms with Gasteiger partial charge in [-0.1, -0.05) is 0 Å². The minimum Gasteiger partial charge on any atom is -0.476 e. The Kier molecular flexibility index (Phi) is 4.07. The highest BCUT2D eigenvalue weighted by atomic mass is 16.6. The van der Waals surface area contributed by atoms with Crippen molar-refractivity contribution in [3.05, 3.63) is 16.4 Å². The van der Waals surface area contributed by atoms with Crippen molar-refractivity contribution in [1.82, 2.24) is 19.9 Å². The van der Waals surface area contributed by atoms with Gasteiger partial charge in [0.2, 0.25) is 5.82 Å². The van der Waals surface area contributed by atoms with Crippen LogP contribution in [0.3, 0.4) is 0 Å². The maximum absolute atomic E-state index is 11.1. The summed E-state index contributed by atoms with van der Waals surface area (Å²) in [7, 11) is 3.38. The van der Waals surface area contributed by atoms with Crippen molar-refractivity contribution in [2.75, 3.05) is 45.8 Å². The van der Waals surface area contributed by atoms with Gasteiger partial charge in [-0.05, 0) is 7.05 Å². The van der Waals surface area contributed by atoms with Crippen LogP contribution in [0.15, 0.2) is 6.33 Å². The standard InChI is InChI=1S/C10H16N6O3/c1-14-3-5-15(6-4-14)13-9-8(16(17)18)10(19-2)12-7-11-9/h7H,3-6H2,1-2H3,(H,11,12,13). The number of rotatable bonds is 4. The number of methoxy groups -OCH3 is 1. The van der Waals surface area contributed by atoms with Crippen LogP contribution in [-0.2, 0) is 0 Å². The molecule has 1 aromatic rings. The van der Waals surface area contributed by atoms with Gasteiger partial charge in [0.25, 0.3) is 5.88 Å². The molecule has 1 aromatic heterocycles. The monoisotopic (exact) mass is 268 g/mol. The van der Waals surface area contributed by atoms with E-state index in [-0.39, 0.29) is 17.4 Å². The number of ether oxygens (including phenoxy) is 1. The average molecular weight is 268 g/mol. The van der Waals surface area contributed by atoms with Crippen molar-refractivity contribution < 1.29 is 9.66 Å². The van der Waals surface area contributed by atoms with Gasteiger partial charge in [-0.15, -0.1) is 0 Å². The SMILES string of the molecule is COc1ncnc(NN2CCN(C)CC2)c1[N+](=O)[O-]. The van der Waals surface area contributed by atoms with E-state index < -0.39 is 4.92 Å². The first-order valence-corrected chi connectivity index (χ1v) is 5.85. The molecule has 9 heteroatoms. The van der Waals surface area contributed by atoms with E-state index in [1.807, 2.05) is 12.1 Å². The van der Waals surface area contributed by atoms with E-state index in [1.165, 1.54) is 13.4 Å². The third kappa shape index (κ3) is 3.06. The molecule has 0 radical (unpaired) electrons. The Balaban J connectivity index is 2.17. The summed E-state index contributed by atoms with van der Waals surface area (Å²) in [5, 5.41) is 13.0. The molecule has 104 valence electrons. The van der Waals surface area contributed by atoms with Crippen molar-refractivity contribution in [2.45, 2.75) is 0 Å². The normalized spacial score (nSPS) is 17.2. The molecule has 1 saturated heterocycles. The van der Waals surface area contributed by atoms with Gasteiger partial charge in [0.05, 0.1) is 12.0 Å². The molecule has 0 aromatic carbocycles. The van der Waals surface area contributed by atoms with E-state index in [4.69, 9.17) is 4.74 Å². The van der Waals surface area contributed by atoms with Gasteiger partial charge in [-0.2, -0.15) is 4.98 Å². The average Bonchev–Trinajstić information content (AvgIpc) is 2.40. The number of hydrazine groups is 1. The second-order valence-corrected chi connectivity index (χ2v) is 4.24. The summed E-state index contributed by atoms with van der Waals surface area (Å²) in [6.07, 6.45) is 1.24. The Morgan fingerprint density at radius 2 is 2.05 bits per heavy atom. The van der Waals surface area contributed by atoms with E-state index in [2.05, 4.69) is 20.3 Å². The summed E-state index contributed by atoms with van der Waals surface area (Å²) in [4.78, 5) is 20.4. The minimum absolute atomic E-state index is 0.0448. The maximum atomic E-state index is 11.1. The van der Waals surface area contributed by atoms with Gasteiger partial charge >= 0.3 is 5.69 Å². The molecule has 1 fully saturated rings. The van der Waals surface area contributed by atoms with E-state index in [9.17, 15) is 10.1 Å². The van der Waals surface area contributed by atoms with Crippen molar-refractivity contribution in [2.24, 2.45) is 0 Å². The van der Waals surface area contributed by atoms with Crippen LogP contribution >= 0.6 is 0 Å². The lowest BCUT2D eigenvalue weighted by Gasteiger charge is -2.32. The van der Waals surface area contributed by atoms with E-state index in [1.54, 1.807) is 0 Å². The zero-order chi connectivity index (χ0) is 13.8. The van der Waals surface area contributed by atoms with E-state index >= 15 is 0 Å². The zero-order valence-corrected chi connectivity index (χ0v) is 10.9. The molecule has 2 rings (SSSR count). The lowest BCUT2D eigenvalue weighted by molar-refractivity contribution is -0.385. The van der Waals surface area contributed by atoms with E-state index in [0.717, 1.165) is 26.2 Å². The predicted molar refractivity (Wildman–Crippen MR) is 67.9 cm³/mol. The fourth-order valence-corrected chi connectivity index (χ4v) is 1.83. The fourth-order valence-electron chi connectivity index (χ4n) is 1.83. The number of nitro groups is 1. The van der Waals surface area contributed by atoms with Crippen molar-refractivity contribution in [1.29, 1.82) is 0 Å². The van der Waals surface area contributed by atoms with Gasteiger partial charge in [-0.3, -0.25) is 15.5 Å². The Morgan fingerprint density at radius 1 is 1.37 bits per heavy atom. The first-order chi connectivity index (χ1) is 9.11. The molecule has 0 bridgehead atoms. The Labute approximate surface area is 110 Å². The lowest BCUT2D eigenvalue weighted by atomic mass is 10.4. The molecule has 1 N–H and O–H groups in total. The number of nitrogens with zero attached hydrogens (tertiary/aromatic N) is 5. The summed E-state index contributed by atoms with van der Waals surface area (Å²) in [6.45, 7) is 3.31.